The fourth-order valence-electron chi connectivity index (χ4n) is 3.94. The highest BCUT2D eigenvalue weighted by Crippen LogP contribution is 2.37. The van der Waals surface area contributed by atoms with E-state index in [0.29, 0.717) is 11.6 Å². The molecule has 4 aromatic rings. The first-order valence-electron chi connectivity index (χ1n) is 11.1. The van der Waals surface area contributed by atoms with E-state index in [1.54, 1.807) is 13.8 Å². The number of para-hydroxylation sites is 1. The molecule has 32 heavy (non-hydrogen) atoms. The Morgan fingerprint density at radius 2 is 1.50 bits per heavy atom. The Balaban J connectivity index is 1.89. The molecule has 0 saturated carbocycles. The summed E-state index contributed by atoms with van der Waals surface area (Å²) < 4.78 is 30.3. The van der Waals surface area contributed by atoms with Gasteiger partial charge in [0, 0.05) is 34.8 Å². The molecule has 0 bridgehead atoms. The summed E-state index contributed by atoms with van der Waals surface area (Å²) in [5, 5.41) is 0.604. The Labute approximate surface area is 191 Å². The molecule has 1 aromatic heterocycles. The van der Waals surface area contributed by atoms with Crippen LogP contribution in [0.2, 0.25) is 0 Å². The summed E-state index contributed by atoms with van der Waals surface area (Å²) in [7, 11) is -3.45. The second-order valence-corrected chi connectivity index (χ2v) is 11.2. The molecule has 166 valence electrons. The minimum absolute atomic E-state index is 0.480. The van der Waals surface area contributed by atoms with Gasteiger partial charge in [-0.1, -0.05) is 74.5 Å². The first kappa shape index (κ1) is 22.2. The summed E-state index contributed by atoms with van der Waals surface area (Å²) in [5.41, 5.74) is 6.02. The van der Waals surface area contributed by atoms with Gasteiger partial charge in [-0.15, -0.1) is 0 Å². The summed E-state index contributed by atoms with van der Waals surface area (Å²) in [5.74, 6) is 0.480. The molecule has 1 N–H and O–H groups in total. The van der Waals surface area contributed by atoms with Gasteiger partial charge >= 0.3 is 0 Å². The van der Waals surface area contributed by atoms with Gasteiger partial charge in [-0.25, -0.2) is 8.42 Å². The van der Waals surface area contributed by atoms with Gasteiger partial charge < -0.3 is 4.57 Å². The molecule has 0 aliphatic rings. The van der Waals surface area contributed by atoms with Crippen LogP contribution in [-0.4, -0.2) is 18.2 Å². The van der Waals surface area contributed by atoms with Crippen LogP contribution in [0.5, 0.6) is 0 Å². The summed E-state index contributed by atoms with van der Waals surface area (Å²) in [6.07, 6.45) is 2.15. The second kappa shape index (κ2) is 8.83. The van der Waals surface area contributed by atoms with Crippen LogP contribution >= 0.6 is 0 Å². The maximum atomic E-state index is 12.6. The Morgan fingerprint density at radius 3 is 2.19 bits per heavy atom. The fraction of sp³-hybridized carbons (Fsp3) is 0.259. The molecule has 4 rings (SSSR count). The van der Waals surface area contributed by atoms with Gasteiger partial charge in [0.05, 0.1) is 10.9 Å². The highest BCUT2D eigenvalue weighted by molar-refractivity contribution is 7.93. The topological polar surface area (TPSA) is 51.1 Å². The Hall–Kier alpha value is -3.05. The predicted octanol–water partition coefficient (Wildman–Crippen LogP) is 6.78. The molecule has 0 aliphatic carbocycles. The zero-order valence-electron chi connectivity index (χ0n) is 19.0. The highest BCUT2D eigenvalue weighted by atomic mass is 32.2. The predicted molar refractivity (Wildman–Crippen MR) is 135 cm³/mol. The van der Waals surface area contributed by atoms with Crippen molar-refractivity contribution in [1.29, 1.82) is 0 Å². The van der Waals surface area contributed by atoms with E-state index in [9.17, 15) is 8.42 Å². The molecule has 5 heteroatoms. The smallest absolute Gasteiger partial charge is 0.235 e. The summed E-state index contributed by atoms with van der Waals surface area (Å²) >= 11 is 0. The Morgan fingerprint density at radius 1 is 0.812 bits per heavy atom. The van der Waals surface area contributed by atoms with E-state index in [1.165, 1.54) is 11.1 Å². The summed E-state index contributed by atoms with van der Waals surface area (Å²) in [4.78, 5) is 0. The third-order valence-electron chi connectivity index (χ3n) is 5.64. The van der Waals surface area contributed by atoms with E-state index in [2.05, 4.69) is 71.8 Å². The van der Waals surface area contributed by atoms with E-state index in [1.807, 2.05) is 30.3 Å². The average molecular weight is 447 g/mol. The van der Waals surface area contributed by atoms with Crippen LogP contribution in [0.15, 0.2) is 79.0 Å². The van der Waals surface area contributed by atoms with Crippen molar-refractivity contribution < 1.29 is 8.42 Å². The van der Waals surface area contributed by atoms with Crippen LogP contribution in [0, 0.1) is 5.92 Å². The van der Waals surface area contributed by atoms with Gasteiger partial charge in [-0.2, -0.15) is 0 Å². The minimum Gasteiger partial charge on any atom is -0.347 e. The van der Waals surface area contributed by atoms with Gasteiger partial charge in [0.2, 0.25) is 10.0 Å². The lowest BCUT2D eigenvalue weighted by Crippen LogP contribution is -2.22. The van der Waals surface area contributed by atoms with Crippen molar-refractivity contribution in [3.8, 4) is 22.3 Å². The van der Waals surface area contributed by atoms with Crippen molar-refractivity contribution in [2.75, 3.05) is 4.72 Å². The van der Waals surface area contributed by atoms with Gasteiger partial charge in [0.1, 0.15) is 0 Å². The third kappa shape index (κ3) is 4.44. The van der Waals surface area contributed by atoms with E-state index in [0.717, 1.165) is 28.6 Å². The first-order chi connectivity index (χ1) is 15.3. The number of hydrogen-bond acceptors (Lipinski definition) is 2. The largest absolute Gasteiger partial charge is 0.347 e. The van der Waals surface area contributed by atoms with Crippen LogP contribution in [0.3, 0.4) is 0 Å². The molecule has 1 heterocycles. The standard InChI is InChI=1S/C27H30N2O2S/c1-19(2)17-29-18-25(23-12-8-9-13-26(23)28-32(30,31)20(3)4)24-15-14-22(16-27(24)29)21-10-6-5-7-11-21/h5-16,18-20,28H,17H2,1-4H3. The normalized spacial score (nSPS) is 12.1. The zero-order chi connectivity index (χ0) is 22.9. The van der Waals surface area contributed by atoms with Gasteiger partial charge in [-0.3, -0.25) is 4.72 Å². The number of nitrogens with zero attached hydrogens (tertiary/aromatic N) is 1. The number of hydrogen-bond donors (Lipinski definition) is 1. The van der Waals surface area contributed by atoms with Crippen molar-refractivity contribution in [3.63, 3.8) is 0 Å². The number of fused-ring (bicyclic) bond motifs is 1. The minimum atomic E-state index is -3.45. The molecule has 0 atom stereocenters. The SMILES string of the molecule is CC(C)Cn1cc(-c2ccccc2NS(=O)(=O)C(C)C)c2ccc(-c3ccccc3)cc21. The van der Waals surface area contributed by atoms with E-state index < -0.39 is 15.3 Å². The van der Waals surface area contributed by atoms with Crippen molar-refractivity contribution in [3.05, 3.63) is 79.0 Å². The number of benzene rings is 3. The lowest BCUT2D eigenvalue weighted by Gasteiger charge is -2.14. The molecule has 3 aromatic carbocycles. The maximum absolute atomic E-state index is 12.6. The first-order valence-corrected chi connectivity index (χ1v) is 12.6. The van der Waals surface area contributed by atoms with E-state index in [-0.39, 0.29) is 0 Å². The second-order valence-electron chi connectivity index (χ2n) is 8.93. The third-order valence-corrected chi connectivity index (χ3v) is 7.39. The number of rotatable bonds is 7. The van der Waals surface area contributed by atoms with E-state index >= 15 is 0 Å². The lowest BCUT2D eigenvalue weighted by molar-refractivity contribution is 0.535. The van der Waals surface area contributed by atoms with Crippen molar-refractivity contribution >= 4 is 26.6 Å². The summed E-state index contributed by atoms with van der Waals surface area (Å²) in [6, 6.07) is 24.5. The molecule has 4 nitrogen and oxygen atoms in total. The maximum Gasteiger partial charge on any atom is 0.235 e. The van der Waals surface area contributed by atoms with Crippen molar-refractivity contribution in [1.82, 2.24) is 4.57 Å². The van der Waals surface area contributed by atoms with Crippen LogP contribution < -0.4 is 4.72 Å². The quantitative estimate of drug-likeness (QED) is 0.340. The van der Waals surface area contributed by atoms with Crippen molar-refractivity contribution in [2.24, 2.45) is 5.92 Å². The molecule has 0 aliphatic heterocycles. The number of sulfonamides is 1. The molecule has 0 fully saturated rings. The average Bonchev–Trinajstić information content (AvgIpc) is 3.11. The highest BCUT2D eigenvalue weighted by Gasteiger charge is 2.20. The fourth-order valence-corrected chi connectivity index (χ4v) is 4.66. The molecule has 0 radical (unpaired) electrons. The number of nitrogens with one attached hydrogen (secondary N) is 1. The number of anilines is 1. The molecule has 0 saturated heterocycles. The van der Waals surface area contributed by atoms with Crippen LogP contribution in [0.25, 0.3) is 33.2 Å². The lowest BCUT2D eigenvalue weighted by atomic mass is 10.00. The monoisotopic (exact) mass is 446 g/mol. The Bertz CT molecular complexity index is 1340. The molecule has 0 unspecified atom stereocenters. The van der Waals surface area contributed by atoms with Crippen LogP contribution in [0.1, 0.15) is 27.7 Å². The molecule has 0 amide bonds. The van der Waals surface area contributed by atoms with Crippen molar-refractivity contribution in [2.45, 2.75) is 39.5 Å². The zero-order valence-corrected chi connectivity index (χ0v) is 19.9. The van der Waals surface area contributed by atoms with Crippen LogP contribution in [-0.2, 0) is 16.6 Å². The summed E-state index contributed by atoms with van der Waals surface area (Å²) in [6.45, 7) is 8.66. The van der Waals surface area contributed by atoms with Gasteiger partial charge in [0.25, 0.3) is 0 Å². The van der Waals surface area contributed by atoms with Crippen LogP contribution in [0.4, 0.5) is 5.69 Å². The number of aromatic nitrogens is 1. The molecular weight excluding hydrogens is 416 g/mol. The van der Waals surface area contributed by atoms with E-state index in [4.69, 9.17) is 0 Å². The molecular formula is C27H30N2O2S. The van der Waals surface area contributed by atoms with Gasteiger partial charge in [-0.05, 0) is 43.0 Å². The molecule has 0 spiro atoms. The van der Waals surface area contributed by atoms with Gasteiger partial charge in [0.15, 0.2) is 0 Å². The Kier molecular flexibility index (Phi) is 6.11.